The molecule has 0 aliphatic carbocycles. The van der Waals surface area contributed by atoms with Crippen molar-refractivity contribution in [1.29, 1.82) is 0 Å². The van der Waals surface area contributed by atoms with Crippen molar-refractivity contribution in [2.24, 2.45) is 0 Å². The monoisotopic (exact) mass is 382 g/mol. The summed E-state index contributed by atoms with van der Waals surface area (Å²) in [4.78, 5) is 24.5. The minimum absolute atomic E-state index is 0.180. The third kappa shape index (κ3) is 3.74. The number of aromatic nitrogens is 4. The Morgan fingerprint density at radius 2 is 1.74 bits per heavy atom. The lowest BCUT2D eigenvalue weighted by Crippen LogP contribution is -2.13. The minimum atomic E-state index is -0.180. The summed E-state index contributed by atoms with van der Waals surface area (Å²) in [7, 11) is 0. The second kappa shape index (κ2) is 7.53. The Morgan fingerprint density at radius 3 is 2.48 bits per heavy atom. The zero-order valence-electron chi connectivity index (χ0n) is 16.2. The molecule has 27 heavy (non-hydrogen) atoms. The number of hydrogen-bond donors (Lipinski definition) is 1. The van der Waals surface area contributed by atoms with Gasteiger partial charge in [0.05, 0.1) is 16.6 Å². The van der Waals surface area contributed by atoms with Crippen LogP contribution in [-0.4, -0.2) is 19.4 Å². The van der Waals surface area contributed by atoms with E-state index >= 15 is 0 Å². The third-order valence-corrected chi connectivity index (χ3v) is 4.69. The van der Waals surface area contributed by atoms with Gasteiger partial charge in [-0.3, -0.25) is 4.79 Å². The van der Waals surface area contributed by atoms with E-state index in [0.29, 0.717) is 28.2 Å². The van der Waals surface area contributed by atoms with Crippen molar-refractivity contribution in [3.05, 3.63) is 74.2 Å². The summed E-state index contributed by atoms with van der Waals surface area (Å²) < 4.78 is 2.00. The Morgan fingerprint density at radius 1 is 1.00 bits per heavy atom. The lowest BCUT2D eigenvalue weighted by molar-refractivity contribution is 0.948. The van der Waals surface area contributed by atoms with Crippen LogP contribution >= 0.6 is 11.6 Å². The summed E-state index contributed by atoms with van der Waals surface area (Å²) >= 11 is 6.04. The van der Waals surface area contributed by atoms with E-state index < -0.39 is 0 Å². The summed E-state index contributed by atoms with van der Waals surface area (Å²) in [6.07, 6.45) is 4.50. The molecule has 5 nitrogen and oxygen atoms in total. The predicted octanol–water partition coefficient (Wildman–Crippen LogP) is 4.77. The molecule has 4 aromatic rings. The quantitative estimate of drug-likeness (QED) is 0.543. The van der Waals surface area contributed by atoms with E-state index in [2.05, 4.69) is 41.1 Å². The Labute approximate surface area is 163 Å². The van der Waals surface area contributed by atoms with E-state index in [4.69, 9.17) is 11.6 Å². The Kier molecular flexibility index (Phi) is 5.33. The number of fused-ring (bicyclic) bond motifs is 2. The molecular formula is C21H23ClN4O. The summed E-state index contributed by atoms with van der Waals surface area (Å²) in [6, 6.07) is 5.52. The number of nitrogens with zero attached hydrogens (tertiary/aromatic N) is 3. The minimum Gasteiger partial charge on any atom is -0.310 e. The summed E-state index contributed by atoms with van der Waals surface area (Å²) in [6.45, 7) is 10.0. The SMILES string of the molecule is CC.Cc1cc2nc(Cc3nc4c(C)cc(Cl)cc4c(=O)[nH]3)cn2cc1C. The fourth-order valence-corrected chi connectivity index (χ4v) is 3.32. The van der Waals surface area contributed by atoms with Crippen LogP contribution in [0.5, 0.6) is 0 Å². The van der Waals surface area contributed by atoms with Gasteiger partial charge < -0.3 is 9.38 Å². The second-order valence-corrected chi connectivity index (χ2v) is 6.88. The molecule has 0 unspecified atom stereocenters. The van der Waals surface area contributed by atoms with Gasteiger partial charge in [0.2, 0.25) is 0 Å². The summed E-state index contributed by atoms with van der Waals surface area (Å²) in [5.74, 6) is 0.597. The number of rotatable bonds is 2. The maximum absolute atomic E-state index is 12.4. The van der Waals surface area contributed by atoms with Crippen LogP contribution < -0.4 is 5.56 Å². The number of halogens is 1. The molecule has 0 radical (unpaired) electrons. The van der Waals surface area contributed by atoms with Gasteiger partial charge in [-0.2, -0.15) is 0 Å². The molecule has 0 spiro atoms. The average molecular weight is 383 g/mol. The molecule has 0 saturated heterocycles. The van der Waals surface area contributed by atoms with Crippen molar-refractivity contribution in [2.45, 2.75) is 41.0 Å². The largest absolute Gasteiger partial charge is 0.310 e. The first-order valence-corrected chi connectivity index (χ1v) is 9.42. The van der Waals surface area contributed by atoms with Gasteiger partial charge >= 0.3 is 0 Å². The smallest absolute Gasteiger partial charge is 0.258 e. The number of imidazole rings is 1. The van der Waals surface area contributed by atoms with Gasteiger partial charge in [-0.1, -0.05) is 25.4 Å². The van der Waals surface area contributed by atoms with Gasteiger partial charge in [0, 0.05) is 23.8 Å². The van der Waals surface area contributed by atoms with Crippen LogP contribution in [0.3, 0.4) is 0 Å². The predicted molar refractivity (Wildman–Crippen MR) is 111 cm³/mol. The van der Waals surface area contributed by atoms with Crippen molar-refractivity contribution in [1.82, 2.24) is 19.4 Å². The maximum Gasteiger partial charge on any atom is 0.258 e. The van der Waals surface area contributed by atoms with E-state index in [1.54, 1.807) is 6.07 Å². The standard InChI is InChI=1S/C19H17ClN4O.C2H6/c1-10-5-17-21-14(9-24(17)8-12(10)3)7-16-22-18-11(2)4-13(20)6-15(18)19(25)23-16;1-2/h4-6,8-9H,7H2,1-3H3,(H,22,23,25);1-2H3. The van der Waals surface area contributed by atoms with E-state index in [9.17, 15) is 4.79 Å². The first-order valence-electron chi connectivity index (χ1n) is 9.04. The zero-order valence-corrected chi connectivity index (χ0v) is 17.0. The highest BCUT2D eigenvalue weighted by Gasteiger charge is 2.10. The molecule has 0 aliphatic heterocycles. The van der Waals surface area contributed by atoms with E-state index in [0.717, 1.165) is 16.9 Å². The lowest BCUT2D eigenvalue weighted by atomic mass is 10.1. The molecule has 1 aromatic carbocycles. The average Bonchev–Trinajstić information content (AvgIpc) is 2.99. The number of aryl methyl sites for hydroxylation is 3. The van der Waals surface area contributed by atoms with Gasteiger partial charge in [0.1, 0.15) is 11.5 Å². The van der Waals surface area contributed by atoms with E-state index in [1.165, 1.54) is 11.1 Å². The molecule has 0 amide bonds. The van der Waals surface area contributed by atoms with E-state index in [1.807, 2.05) is 37.4 Å². The second-order valence-electron chi connectivity index (χ2n) is 6.45. The number of pyridine rings is 1. The first kappa shape index (κ1) is 19.1. The molecule has 0 atom stereocenters. The number of aromatic amines is 1. The molecule has 0 fully saturated rings. The van der Waals surface area contributed by atoms with E-state index in [-0.39, 0.29) is 5.56 Å². The number of hydrogen-bond acceptors (Lipinski definition) is 3. The highest BCUT2D eigenvalue weighted by molar-refractivity contribution is 6.31. The summed E-state index contributed by atoms with van der Waals surface area (Å²) in [5, 5.41) is 1.05. The van der Waals surface area contributed by atoms with Crippen LogP contribution in [0, 0.1) is 20.8 Å². The Hall–Kier alpha value is -2.66. The fourth-order valence-electron chi connectivity index (χ4n) is 3.05. The highest BCUT2D eigenvalue weighted by Crippen LogP contribution is 2.20. The number of benzene rings is 1. The zero-order chi connectivity index (χ0) is 19.7. The molecule has 0 saturated carbocycles. The first-order chi connectivity index (χ1) is 12.9. The third-order valence-electron chi connectivity index (χ3n) is 4.47. The van der Waals surface area contributed by atoms with Gasteiger partial charge in [0.15, 0.2) is 0 Å². The van der Waals surface area contributed by atoms with Crippen molar-refractivity contribution in [3.8, 4) is 0 Å². The Balaban J connectivity index is 0.00000102. The van der Waals surface area contributed by atoms with Crippen LogP contribution in [0.25, 0.3) is 16.6 Å². The molecule has 0 bridgehead atoms. The number of H-pyrrole nitrogens is 1. The topological polar surface area (TPSA) is 63.0 Å². The van der Waals surface area contributed by atoms with Crippen molar-refractivity contribution in [3.63, 3.8) is 0 Å². The molecule has 3 aromatic heterocycles. The molecule has 4 rings (SSSR count). The van der Waals surface area contributed by atoms with Gasteiger partial charge in [-0.05, 0) is 55.7 Å². The fraction of sp³-hybridized carbons (Fsp3) is 0.286. The van der Waals surface area contributed by atoms with Crippen LogP contribution in [0.4, 0.5) is 0 Å². The van der Waals surface area contributed by atoms with Gasteiger partial charge in [-0.25, -0.2) is 9.97 Å². The molecule has 140 valence electrons. The lowest BCUT2D eigenvalue weighted by Gasteiger charge is -2.05. The number of nitrogens with one attached hydrogen (secondary N) is 1. The summed E-state index contributed by atoms with van der Waals surface area (Å²) in [5.41, 5.74) is 5.55. The van der Waals surface area contributed by atoms with Gasteiger partial charge in [-0.15, -0.1) is 0 Å². The highest BCUT2D eigenvalue weighted by atomic mass is 35.5. The Bertz CT molecular complexity index is 1150. The van der Waals surface area contributed by atoms with Gasteiger partial charge in [0.25, 0.3) is 5.56 Å². The molecule has 6 heteroatoms. The maximum atomic E-state index is 12.4. The van der Waals surface area contributed by atoms with Crippen LogP contribution in [0.15, 0.2) is 35.4 Å². The molecule has 1 N–H and O–H groups in total. The molecule has 0 aliphatic rings. The van der Waals surface area contributed by atoms with Crippen molar-refractivity contribution < 1.29 is 0 Å². The normalized spacial score (nSPS) is 10.9. The van der Waals surface area contributed by atoms with Crippen LogP contribution in [0.2, 0.25) is 5.02 Å². The van der Waals surface area contributed by atoms with Crippen LogP contribution in [0.1, 0.15) is 42.1 Å². The molecular weight excluding hydrogens is 360 g/mol. The van der Waals surface area contributed by atoms with Crippen molar-refractivity contribution >= 4 is 28.2 Å². The molecule has 3 heterocycles. The van der Waals surface area contributed by atoms with Crippen LogP contribution in [-0.2, 0) is 6.42 Å². The van der Waals surface area contributed by atoms with Crippen molar-refractivity contribution in [2.75, 3.05) is 0 Å².